The van der Waals surface area contributed by atoms with Crippen molar-refractivity contribution >= 4 is 35.3 Å². The van der Waals surface area contributed by atoms with Crippen LogP contribution in [0.2, 0.25) is 5.02 Å². The SMILES string of the molecule is COc1cc([N+](=O)[O-])ccc1-c1ccc(C=NNC(=O)C(NC(=O)c2ccccc2Cl)C(C)C)o1. The number of carbonyl (C=O) groups is 2. The van der Waals surface area contributed by atoms with E-state index in [9.17, 15) is 19.7 Å². The Kier molecular flexibility index (Phi) is 8.21. The summed E-state index contributed by atoms with van der Waals surface area (Å²) in [6, 6.07) is 13.1. The van der Waals surface area contributed by atoms with E-state index in [1.165, 1.54) is 31.5 Å². The van der Waals surface area contributed by atoms with E-state index in [0.29, 0.717) is 17.1 Å². The van der Waals surface area contributed by atoms with Crippen LogP contribution in [0.15, 0.2) is 64.1 Å². The highest BCUT2D eigenvalue weighted by Gasteiger charge is 2.25. The van der Waals surface area contributed by atoms with E-state index in [4.69, 9.17) is 20.8 Å². The Bertz CT molecular complexity index is 1270. The number of benzene rings is 2. The van der Waals surface area contributed by atoms with Crippen LogP contribution in [0.3, 0.4) is 0 Å². The lowest BCUT2D eigenvalue weighted by Crippen LogP contribution is -2.48. The Morgan fingerprint density at radius 1 is 1.17 bits per heavy atom. The van der Waals surface area contributed by atoms with Gasteiger partial charge in [0.1, 0.15) is 23.3 Å². The van der Waals surface area contributed by atoms with E-state index < -0.39 is 22.8 Å². The number of furan rings is 1. The van der Waals surface area contributed by atoms with Crippen LogP contribution in [0, 0.1) is 16.0 Å². The van der Waals surface area contributed by atoms with Gasteiger partial charge in [0.15, 0.2) is 0 Å². The van der Waals surface area contributed by atoms with Gasteiger partial charge in [0, 0.05) is 6.07 Å². The van der Waals surface area contributed by atoms with Crippen molar-refractivity contribution in [1.82, 2.24) is 10.7 Å². The maximum atomic E-state index is 12.6. The molecule has 1 atom stereocenters. The van der Waals surface area contributed by atoms with Crippen LogP contribution in [0.5, 0.6) is 5.75 Å². The number of methoxy groups -OCH3 is 1. The van der Waals surface area contributed by atoms with Crippen molar-refractivity contribution in [3.8, 4) is 17.1 Å². The number of non-ortho nitro benzene ring substituents is 1. The average molecular weight is 499 g/mol. The zero-order chi connectivity index (χ0) is 25.5. The number of halogens is 1. The highest BCUT2D eigenvalue weighted by atomic mass is 35.5. The Morgan fingerprint density at radius 3 is 2.57 bits per heavy atom. The number of nitrogens with zero attached hydrogens (tertiary/aromatic N) is 2. The van der Waals surface area contributed by atoms with Gasteiger partial charge in [-0.15, -0.1) is 0 Å². The lowest BCUT2D eigenvalue weighted by molar-refractivity contribution is -0.384. The fourth-order valence-corrected chi connectivity index (χ4v) is 3.41. The molecule has 3 aromatic rings. The third-order valence-corrected chi connectivity index (χ3v) is 5.34. The standard InChI is InChI=1S/C24H23ClN4O6/c1-14(2)22(27-23(30)17-6-4-5-7-19(17)25)24(31)28-26-13-16-9-11-20(35-16)18-10-8-15(29(32)33)12-21(18)34-3/h4-14,22H,1-3H3,(H,27,30)(H,28,31). The van der Waals surface area contributed by atoms with Crippen LogP contribution < -0.4 is 15.5 Å². The molecule has 35 heavy (non-hydrogen) atoms. The first-order valence-corrected chi connectivity index (χ1v) is 10.9. The van der Waals surface area contributed by atoms with E-state index in [0.717, 1.165) is 0 Å². The Hall–Kier alpha value is -4.18. The van der Waals surface area contributed by atoms with Crippen molar-refractivity contribution in [3.63, 3.8) is 0 Å². The van der Waals surface area contributed by atoms with Gasteiger partial charge in [-0.2, -0.15) is 5.10 Å². The van der Waals surface area contributed by atoms with Crippen molar-refractivity contribution in [2.75, 3.05) is 7.11 Å². The van der Waals surface area contributed by atoms with Crippen molar-refractivity contribution < 1.29 is 23.7 Å². The molecule has 3 rings (SSSR count). The third-order valence-electron chi connectivity index (χ3n) is 5.01. The van der Waals surface area contributed by atoms with Crippen molar-refractivity contribution in [2.45, 2.75) is 19.9 Å². The number of ether oxygens (including phenoxy) is 1. The van der Waals surface area contributed by atoms with Crippen molar-refractivity contribution in [2.24, 2.45) is 11.0 Å². The molecule has 1 unspecified atom stereocenters. The Morgan fingerprint density at radius 2 is 1.91 bits per heavy atom. The van der Waals surface area contributed by atoms with Gasteiger partial charge in [0.05, 0.1) is 40.5 Å². The summed E-state index contributed by atoms with van der Waals surface area (Å²) in [6.07, 6.45) is 1.30. The third kappa shape index (κ3) is 6.24. The van der Waals surface area contributed by atoms with Crippen LogP contribution in [0.25, 0.3) is 11.3 Å². The van der Waals surface area contributed by atoms with E-state index >= 15 is 0 Å². The molecular weight excluding hydrogens is 476 g/mol. The zero-order valence-electron chi connectivity index (χ0n) is 19.2. The van der Waals surface area contributed by atoms with Crippen LogP contribution in [-0.4, -0.2) is 36.1 Å². The second kappa shape index (κ2) is 11.3. The number of hydrogen-bond acceptors (Lipinski definition) is 7. The second-order valence-electron chi connectivity index (χ2n) is 7.75. The van der Waals surface area contributed by atoms with Crippen molar-refractivity contribution in [3.05, 3.63) is 81.1 Å². The van der Waals surface area contributed by atoms with Crippen LogP contribution in [0.4, 0.5) is 5.69 Å². The number of rotatable bonds is 9. The molecule has 2 aromatic carbocycles. The van der Waals surface area contributed by atoms with Crippen LogP contribution >= 0.6 is 11.6 Å². The number of hydrogen-bond donors (Lipinski definition) is 2. The van der Waals surface area contributed by atoms with Gasteiger partial charge in [-0.05, 0) is 36.2 Å². The molecule has 1 aromatic heterocycles. The van der Waals surface area contributed by atoms with Gasteiger partial charge in [0.25, 0.3) is 17.5 Å². The minimum atomic E-state index is -0.854. The van der Waals surface area contributed by atoms with Crippen LogP contribution in [-0.2, 0) is 4.79 Å². The largest absolute Gasteiger partial charge is 0.496 e. The predicted molar refractivity (Wildman–Crippen MR) is 131 cm³/mol. The molecule has 0 aliphatic heterocycles. The summed E-state index contributed by atoms with van der Waals surface area (Å²) in [5.41, 5.74) is 3.07. The normalized spacial score (nSPS) is 11.9. The van der Waals surface area contributed by atoms with E-state index in [2.05, 4.69) is 15.8 Å². The predicted octanol–water partition coefficient (Wildman–Crippen LogP) is 4.42. The minimum absolute atomic E-state index is 0.108. The topological polar surface area (TPSA) is 136 Å². The number of carbonyl (C=O) groups excluding carboxylic acids is 2. The van der Waals surface area contributed by atoms with Gasteiger partial charge in [-0.3, -0.25) is 19.7 Å². The fourth-order valence-electron chi connectivity index (χ4n) is 3.19. The lowest BCUT2D eigenvalue weighted by Gasteiger charge is -2.20. The molecule has 2 amide bonds. The molecule has 10 nitrogen and oxygen atoms in total. The number of nitrogens with one attached hydrogen (secondary N) is 2. The smallest absolute Gasteiger partial charge is 0.273 e. The van der Waals surface area contributed by atoms with Crippen molar-refractivity contribution in [1.29, 1.82) is 0 Å². The molecule has 0 aliphatic rings. The van der Waals surface area contributed by atoms with E-state index in [1.54, 1.807) is 50.2 Å². The van der Waals surface area contributed by atoms with Gasteiger partial charge < -0.3 is 14.5 Å². The first kappa shape index (κ1) is 25.4. The number of nitro benzene ring substituents is 1. The summed E-state index contributed by atoms with van der Waals surface area (Å²) in [6.45, 7) is 3.58. The highest BCUT2D eigenvalue weighted by Crippen LogP contribution is 2.34. The first-order valence-electron chi connectivity index (χ1n) is 10.5. The molecular formula is C24H23ClN4O6. The monoisotopic (exact) mass is 498 g/mol. The summed E-state index contributed by atoms with van der Waals surface area (Å²) < 4.78 is 10.9. The second-order valence-corrected chi connectivity index (χ2v) is 8.16. The molecule has 0 spiro atoms. The Labute approximate surface area is 206 Å². The molecule has 1 heterocycles. The zero-order valence-corrected chi connectivity index (χ0v) is 19.9. The average Bonchev–Trinajstić information content (AvgIpc) is 3.30. The molecule has 0 saturated heterocycles. The Balaban J connectivity index is 1.68. The minimum Gasteiger partial charge on any atom is -0.496 e. The molecule has 0 bridgehead atoms. The van der Waals surface area contributed by atoms with Gasteiger partial charge in [-0.25, -0.2) is 5.43 Å². The molecule has 2 N–H and O–H groups in total. The quantitative estimate of drug-likeness (QED) is 0.254. The number of hydrazone groups is 1. The van der Waals surface area contributed by atoms with Gasteiger partial charge >= 0.3 is 0 Å². The van der Waals surface area contributed by atoms with E-state index in [-0.39, 0.29) is 27.9 Å². The number of nitro groups is 1. The summed E-state index contributed by atoms with van der Waals surface area (Å²) in [5, 5.41) is 17.8. The summed E-state index contributed by atoms with van der Waals surface area (Å²) in [5.74, 6) is -0.207. The maximum Gasteiger partial charge on any atom is 0.273 e. The fraction of sp³-hybridized carbons (Fsp3) is 0.208. The molecule has 0 aliphatic carbocycles. The molecule has 182 valence electrons. The first-order chi connectivity index (χ1) is 16.7. The lowest BCUT2D eigenvalue weighted by atomic mass is 10.0. The summed E-state index contributed by atoms with van der Waals surface area (Å²) >= 11 is 6.07. The summed E-state index contributed by atoms with van der Waals surface area (Å²) in [7, 11) is 1.40. The molecule has 0 radical (unpaired) electrons. The van der Waals surface area contributed by atoms with Crippen LogP contribution in [0.1, 0.15) is 30.0 Å². The maximum absolute atomic E-state index is 12.6. The number of amides is 2. The van der Waals surface area contributed by atoms with Gasteiger partial charge in [-0.1, -0.05) is 37.6 Å². The van der Waals surface area contributed by atoms with E-state index in [1.807, 2.05) is 0 Å². The van der Waals surface area contributed by atoms with Gasteiger partial charge in [0.2, 0.25) is 0 Å². The molecule has 0 saturated carbocycles. The molecule has 0 fully saturated rings. The highest BCUT2D eigenvalue weighted by molar-refractivity contribution is 6.33. The molecule has 11 heteroatoms. The summed E-state index contributed by atoms with van der Waals surface area (Å²) in [4.78, 5) is 35.7.